The number of rotatable bonds is 6. The van der Waals surface area contributed by atoms with Gasteiger partial charge < -0.3 is 9.67 Å². The van der Waals surface area contributed by atoms with Crippen molar-refractivity contribution in [3.05, 3.63) is 59.0 Å². The van der Waals surface area contributed by atoms with Gasteiger partial charge in [0, 0.05) is 12.6 Å². The van der Waals surface area contributed by atoms with Crippen LogP contribution in [0.1, 0.15) is 47.1 Å². The number of aryl methyl sites for hydroxylation is 2. The SMILES string of the molecule is CCCCc1nc2cc(C)cnc2n1Cc1ccccc1C(=O)O. The van der Waals surface area contributed by atoms with E-state index in [4.69, 9.17) is 4.98 Å². The van der Waals surface area contributed by atoms with Gasteiger partial charge in [-0.3, -0.25) is 0 Å². The summed E-state index contributed by atoms with van der Waals surface area (Å²) >= 11 is 0. The second-order valence-corrected chi connectivity index (χ2v) is 6.04. The van der Waals surface area contributed by atoms with Crippen molar-refractivity contribution < 1.29 is 9.90 Å². The van der Waals surface area contributed by atoms with Gasteiger partial charge >= 0.3 is 5.97 Å². The topological polar surface area (TPSA) is 68.0 Å². The standard InChI is InChI=1S/C19H21N3O2/c1-3-4-9-17-21-16-10-13(2)11-20-18(16)22(17)12-14-7-5-6-8-15(14)19(23)24/h5-8,10-11H,3-4,9,12H2,1-2H3,(H,23,24). The summed E-state index contributed by atoms with van der Waals surface area (Å²) in [6.45, 7) is 4.61. The smallest absolute Gasteiger partial charge is 0.336 e. The molecule has 3 aromatic rings. The second kappa shape index (κ2) is 6.83. The summed E-state index contributed by atoms with van der Waals surface area (Å²) in [5, 5.41) is 9.41. The van der Waals surface area contributed by atoms with Gasteiger partial charge in [0.15, 0.2) is 5.65 Å². The van der Waals surface area contributed by atoms with Crippen molar-refractivity contribution in [2.75, 3.05) is 0 Å². The molecule has 0 radical (unpaired) electrons. The number of fused-ring (bicyclic) bond motifs is 1. The number of carbonyl (C=O) groups is 1. The number of carboxylic acid groups (broad SMARTS) is 1. The zero-order valence-electron chi connectivity index (χ0n) is 14.0. The number of benzene rings is 1. The molecular weight excluding hydrogens is 302 g/mol. The van der Waals surface area contributed by atoms with Crippen molar-refractivity contribution in [2.45, 2.75) is 39.7 Å². The third-order valence-corrected chi connectivity index (χ3v) is 4.13. The van der Waals surface area contributed by atoms with Crippen LogP contribution in [0, 0.1) is 6.92 Å². The van der Waals surface area contributed by atoms with Crippen molar-refractivity contribution >= 4 is 17.1 Å². The third-order valence-electron chi connectivity index (χ3n) is 4.13. The molecule has 2 heterocycles. The van der Waals surface area contributed by atoms with Crippen molar-refractivity contribution in [1.82, 2.24) is 14.5 Å². The Morgan fingerprint density at radius 3 is 2.83 bits per heavy atom. The number of aromatic carboxylic acids is 1. The van der Waals surface area contributed by atoms with Gasteiger partial charge in [0.1, 0.15) is 11.3 Å². The lowest BCUT2D eigenvalue weighted by Gasteiger charge is -2.11. The van der Waals surface area contributed by atoms with E-state index in [1.54, 1.807) is 12.1 Å². The molecule has 0 amide bonds. The Balaban J connectivity index is 2.09. The van der Waals surface area contributed by atoms with Gasteiger partial charge in [0.25, 0.3) is 0 Å². The predicted octanol–water partition coefficient (Wildman–Crippen LogP) is 3.83. The Kier molecular flexibility index (Phi) is 4.60. The highest BCUT2D eigenvalue weighted by molar-refractivity contribution is 5.89. The normalized spacial score (nSPS) is 11.1. The molecule has 3 rings (SSSR count). The fourth-order valence-electron chi connectivity index (χ4n) is 2.89. The number of hydrogen-bond acceptors (Lipinski definition) is 3. The minimum absolute atomic E-state index is 0.327. The number of aromatic nitrogens is 3. The number of carboxylic acids is 1. The van der Waals surface area contributed by atoms with E-state index in [-0.39, 0.29) is 0 Å². The lowest BCUT2D eigenvalue weighted by atomic mass is 10.1. The first-order chi connectivity index (χ1) is 11.6. The first kappa shape index (κ1) is 16.2. The average Bonchev–Trinajstić information content (AvgIpc) is 2.90. The Morgan fingerprint density at radius 2 is 2.08 bits per heavy atom. The number of nitrogens with zero attached hydrogens (tertiary/aromatic N) is 3. The number of pyridine rings is 1. The molecule has 0 saturated heterocycles. The van der Waals surface area contributed by atoms with Crippen LogP contribution in [0.25, 0.3) is 11.2 Å². The number of hydrogen-bond donors (Lipinski definition) is 1. The molecule has 0 atom stereocenters. The summed E-state index contributed by atoms with van der Waals surface area (Å²) in [6.07, 6.45) is 4.82. The van der Waals surface area contributed by atoms with Gasteiger partial charge in [-0.15, -0.1) is 0 Å². The van der Waals surface area contributed by atoms with Crippen molar-refractivity contribution in [3.63, 3.8) is 0 Å². The molecule has 0 unspecified atom stereocenters. The Morgan fingerprint density at radius 1 is 1.29 bits per heavy atom. The molecule has 0 aliphatic heterocycles. The van der Waals surface area contributed by atoms with Gasteiger partial charge in [0.2, 0.25) is 0 Å². The molecular formula is C19H21N3O2. The summed E-state index contributed by atoms with van der Waals surface area (Å²) in [5.41, 5.74) is 3.85. The molecule has 0 bridgehead atoms. The van der Waals surface area contributed by atoms with Gasteiger partial charge in [-0.1, -0.05) is 31.5 Å². The van der Waals surface area contributed by atoms with E-state index in [1.165, 1.54) is 0 Å². The van der Waals surface area contributed by atoms with Gasteiger partial charge in [-0.2, -0.15) is 0 Å². The van der Waals surface area contributed by atoms with Crippen molar-refractivity contribution in [3.8, 4) is 0 Å². The summed E-state index contributed by atoms with van der Waals surface area (Å²) in [7, 11) is 0. The van der Waals surface area contributed by atoms with Crippen LogP contribution >= 0.6 is 0 Å². The molecule has 0 aliphatic rings. The highest BCUT2D eigenvalue weighted by atomic mass is 16.4. The Labute approximate surface area is 141 Å². The fourth-order valence-corrected chi connectivity index (χ4v) is 2.89. The highest BCUT2D eigenvalue weighted by Gasteiger charge is 2.15. The molecule has 1 N–H and O–H groups in total. The van der Waals surface area contributed by atoms with E-state index in [1.807, 2.05) is 35.9 Å². The summed E-state index contributed by atoms with van der Waals surface area (Å²) < 4.78 is 2.05. The van der Waals surface area contributed by atoms with E-state index >= 15 is 0 Å². The summed E-state index contributed by atoms with van der Waals surface area (Å²) in [6, 6.07) is 9.13. The number of imidazole rings is 1. The van der Waals surface area contributed by atoms with E-state index in [9.17, 15) is 9.90 Å². The first-order valence-electron chi connectivity index (χ1n) is 8.23. The lowest BCUT2D eigenvalue weighted by molar-refractivity contribution is 0.0695. The molecule has 5 nitrogen and oxygen atoms in total. The minimum Gasteiger partial charge on any atom is -0.478 e. The monoisotopic (exact) mass is 323 g/mol. The van der Waals surface area contributed by atoms with E-state index in [0.717, 1.165) is 47.4 Å². The molecule has 24 heavy (non-hydrogen) atoms. The summed E-state index contributed by atoms with van der Waals surface area (Å²) in [5.74, 6) is 0.0547. The van der Waals surface area contributed by atoms with Crippen LogP contribution in [0.2, 0.25) is 0 Å². The lowest BCUT2D eigenvalue weighted by Crippen LogP contribution is -2.10. The zero-order chi connectivity index (χ0) is 17.1. The molecule has 2 aromatic heterocycles. The first-order valence-corrected chi connectivity index (χ1v) is 8.23. The molecule has 1 aromatic carbocycles. The molecule has 0 aliphatic carbocycles. The minimum atomic E-state index is -0.908. The van der Waals surface area contributed by atoms with Crippen molar-refractivity contribution in [2.24, 2.45) is 0 Å². The molecule has 0 spiro atoms. The fraction of sp³-hybridized carbons (Fsp3) is 0.316. The zero-order valence-corrected chi connectivity index (χ0v) is 14.0. The third kappa shape index (κ3) is 3.15. The van der Waals surface area contributed by atoms with Gasteiger partial charge in [-0.05, 0) is 36.6 Å². The van der Waals surface area contributed by atoms with Crippen LogP contribution in [0.15, 0.2) is 36.5 Å². The van der Waals surface area contributed by atoms with Crippen molar-refractivity contribution in [1.29, 1.82) is 0 Å². The quantitative estimate of drug-likeness (QED) is 0.748. The van der Waals surface area contributed by atoms with Crippen LogP contribution < -0.4 is 0 Å². The number of unbranched alkanes of at least 4 members (excludes halogenated alkanes) is 1. The van der Waals surface area contributed by atoms with Gasteiger partial charge in [-0.25, -0.2) is 14.8 Å². The maximum absolute atomic E-state index is 11.5. The van der Waals surface area contributed by atoms with Gasteiger partial charge in [0.05, 0.1) is 12.1 Å². The van der Waals surface area contributed by atoms with E-state index in [2.05, 4.69) is 11.9 Å². The predicted molar refractivity (Wildman–Crippen MR) is 93.4 cm³/mol. The Bertz CT molecular complexity index is 883. The highest BCUT2D eigenvalue weighted by Crippen LogP contribution is 2.20. The second-order valence-electron chi connectivity index (χ2n) is 6.04. The van der Waals surface area contributed by atoms with Crippen LogP contribution in [-0.2, 0) is 13.0 Å². The maximum Gasteiger partial charge on any atom is 0.336 e. The van der Waals surface area contributed by atoms with Crippen LogP contribution in [-0.4, -0.2) is 25.6 Å². The van der Waals surface area contributed by atoms with Crippen LogP contribution in [0.4, 0.5) is 0 Å². The molecule has 124 valence electrons. The largest absolute Gasteiger partial charge is 0.478 e. The van der Waals surface area contributed by atoms with E-state index in [0.29, 0.717) is 12.1 Å². The van der Waals surface area contributed by atoms with E-state index < -0.39 is 5.97 Å². The average molecular weight is 323 g/mol. The van der Waals surface area contributed by atoms with Crippen LogP contribution in [0.5, 0.6) is 0 Å². The Hall–Kier alpha value is -2.69. The molecule has 5 heteroatoms. The molecule has 0 fully saturated rings. The maximum atomic E-state index is 11.5. The summed E-state index contributed by atoms with van der Waals surface area (Å²) in [4.78, 5) is 20.7. The molecule has 0 saturated carbocycles. The van der Waals surface area contributed by atoms with Crippen LogP contribution in [0.3, 0.4) is 0 Å².